The third-order valence-corrected chi connectivity index (χ3v) is 3.44. The Labute approximate surface area is 131 Å². The smallest absolute Gasteiger partial charge is 0.329 e. The van der Waals surface area contributed by atoms with Gasteiger partial charge in [-0.3, -0.25) is 9.59 Å². The van der Waals surface area contributed by atoms with Crippen LogP contribution >= 0.6 is 27.5 Å². The lowest BCUT2D eigenvalue weighted by molar-refractivity contribution is -0.140. The Bertz CT molecular complexity index is 688. The molecule has 0 atom stereocenters. The number of carboxylic acids is 1. The molecule has 0 aromatic heterocycles. The van der Waals surface area contributed by atoms with E-state index in [1.54, 1.807) is 0 Å². The summed E-state index contributed by atoms with van der Waals surface area (Å²) in [5, 5.41) is 21.1. The number of amides is 3. The maximum Gasteiger partial charge on any atom is 0.329 e. The number of hydrogen-bond acceptors (Lipinski definition) is 4. The summed E-state index contributed by atoms with van der Waals surface area (Å²) in [5.74, 6) is -2.27. The van der Waals surface area contributed by atoms with E-state index in [0.29, 0.717) is 14.4 Å². The number of phenolic OH excluding ortho intramolecular Hbond substituents is 1. The zero-order valence-electron chi connectivity index (χ0n) is 10.3. The predicted octanol–water partition coefficient (Wildman–Crippen LogP) is 1.79. The molecule has 0 saturated carbocycles. The first kappa shape index (κ1) is 15.3. The Balaban J connectivity index is 2.37. The van der Waals surface area contributed by atoms with E-state index < -0.39 is 24.5 Å². The number of nitrogens with one attached hydrogen (secondary N) is 1. The molecule has 21 heavy (non-hydrogen) atoms. The Morgan fingerprint density at radius 1 is 1.43 bits per heavy atom. The number of phenols is 1. The average Bonchev–Trinajstić information content (AvgIpc) is 2.63. The van der Waals surface area contributed by atoms with E-state index in [2.05, 4.69) is 21.2 Å². The van der Waals surface area contributed by atoms with Crippen molar-refractivity contribution in [3.8, 4) is 5.75 Å². The van der Waals surface area contributed by atoms with E-state index in [4.69, 9.17) is 16.7 Å². The number of aromatic hydroxyl groups is 1. The van der Waals surface area contributed by atoms with Crippen LogP contribution in [-0.2, 0) is 9.59 Å². The summed E-state index contributed by atoms with van der Waals surface area (Å²) in [6.45, 7) is -0.743. The van der Waals surface area contributed by atoms with E-state index in [1.807, 2.05) is 0 Å². The largest absolute Gasteiger partial charge is 0.506 e. The van der Waals surface area contributed by atoms with Gasteiger partial charge in [0.1, 0.15) is 18.0 Å². The Morgan fingerprint density at radius 3 is 2.71 bits per heavy atom. The first-order chi connectivity index (χ1) is 9.79. The second-order valence-corrected chi connectivity index (χ2v) is 5.39. The summed E-state index contributed by atoms with van der Waals surface area (Å²) >= 11 is 8.93. The molecule has 7 nitrogen and oxygen atoms in total. The number of halogens is 2. The molecule has 0 bridgehead atoms. The zero-order chi connectivity index (χ0) is 15.7. The molecule has 1 aromatic rings. The van der Waals surface area contributed by atoms with E-state index in [9.17, 15) is 19.5 Å². The van der Waals surface area contributed by atoms with Gasteiger partial charge in [-0.05, 0) is 34.1 Å². The molecular formula is C12H8BrClN2O5. The standard InChI is InChI=1S/C12H8BrClN2O5/c13-7-3-6(14)1-5(10(7)19)2-8-11(20)16(4-9(17)18)12(21)15-8/h1-3,19H,4H2,(H,15,21)(H,17,18)/b8-2+. The number of imide groups is 1. The van der Waals surface area contributed by atoms with Crippen LogP contribution in [0.2, 0.25) is 5.02 Å². The number of nitrogens with zero attached hydrogens (tertiary/aromatic N) is 1. The molecule has 1 saturated heterocycles. The molecule has 1 aromatic carbocycles. The maximum atomic E-state index is 11.9. The van der Waals surface area contributed by atoms with Crippen molar-refractivity contribution in [3.63, 3.8) is 0 Å². The first-order valence-corrected chi connectivity index (χ1v) is 6.71. The molecule has 1 aliphatic rings. The molecule has 0 unspecified atom stereocenters. The molecule has 0 aliphatic carbocycles. The lowest BCUT2D eigenvalue weighted by Gasteiger charge is -2.07. The SMILES string of the molecule is O=C(O)CN1C(=O)N/C(=C/c2cc(Cl)cc(Br)c2O)C1=O. The number of carbonyl (C=O) groups excluding carboxylic acids is 2. The number of carbonyl (C=O) groups is 3. The summed E-state index contributed by atoms with van der Waals surface area (Å²) in [6.07, 6.45) is 1.22. The van der Waals surface area contributed by atoms with Crippen molar-refractivity contribution in [1.29, 1.82) is 0 Å². The van der Waals surface area contributed by atoms with Crippen LogP contribution in [0, 0.1) is 0 Å². The van der Waals surface area contributed by atoms with Crippen molar-refractivity contribution in [2.24, 2.45) is 0 Å². The van der Waals surface area contributed by atoms with Gasteiger partial charge >= 0.3 is 12.0 Å². The van der Waals surface area contributed by atoms with E-state index in [0.717, 1.165) is 0 Å². The molecular weight excluding hydrogens is 367 g/mol. The summed E-state index contributed by atoms with van der Waals surface area (Å²) in [6, 6.07) is 2.02. The Hall–Kier alpha value is -2.06. The van der Waals surface area contributed by atoms with Crippen molar-refractivity contribution in [2.75, 3.05) is 6.54 Å². The lowest BCUT2D eigenvalue weighted by atomic mass is 10.1. The Morgan fingerprint density at radius 2 is 2.10 bits per heavy atom. The third kappa shape index (κ3) is 3.17. The van der Waals surface area contributed by atoms with Gasteiger partial charge in [-0.25, -0.2) is 9.69 Å². The highest BCUT2D eigenvalue weighted by atomic mass is 79.9. The minimum atomic E-state index is -1.31. The zero-order valence-corrected chi connectivity index (χ0v) is 12.6. The van der Waals surface area contributed by atoms with Crippen LogP contribution in [0.3, 0.4) is 0 Å². The molecule has 2 rings (SSSR count). The van der Waals surface area contributed by atoms with Gasteiger partial charge in [0.25, 0.3) is 5.91 Å². The average molecular weight is 376 g/mol. The number of hydrogen-bond donors (Lipinski definition) is 3. The number of carboxylic acid groups (broad SMARTS) is 1. The van der Waals surface area contributed by atoms with E-state index in [1.165, 1.54) is 18.2 Å². The van der Waals surface area contributed by atoms with E-state index in [-0.39, 0.29) is 17.0 Å². The summed E-state index contributed by atoms with van der Waals surface area (Å²) in [5.41, 5.74) is 0.0564. The fourth-order valence-corrected chi connectivity index (χ4v) is 2.54. The first-order valence-electron chi connectivity index (χ1n) is 5.54. The van der Waals surface area contributed by atoms with Crippen LogP contribution in [0.5, 0.6) is 5.75 Å². The number of rotatable bonds is 3. The van der Waals surface area contributed by atoms with Gasteiger partial charge in [0.15, 0.2) is 0 Å². The number of urea groups is 1. The summed E-state index contributed by atoms with van der Waals surface area (Å²) in [4.78, 5) is 34.6. The van der Waals surface area contributed by atoms with E-state index >= 15 is 0 Å². The van der Waals surface area contributed by atoms with Gasteiger partial charge < -0.3 is 15.5 Å². The quantitative estimate of drug-likeness (QED) is 0.551. The van der Waals surface area contributed by atoms with Gasteiger partial charge in [0.05, 0.1) is 4.47 Å². The molecule has 9 heteroatoms. The fraction of sp³-hybridized carbons (Fsp3) is 0.0833. The van der Waals surface area contributed by atoms with Gasteiger partial charge in [-0.15, -0.1) is 0 Å². The predicted molar refractivity (Wildman–Crippen MR) is 76.7 cm³/mol. The maximum absolute atomic E-state index is 11.9. The minimum absolute atomic E-state index is 0.147. The molecule has 1 aliphatic heterocycles. The van der Waals surface area contributed by atoms with Crippen molar-refractivity contribution < 1.29 is 24.6 Å². The molecule has 1 fully saturated rings. The van der Waals surface area contributed by atoms with Crippen LogP contribution < -0.4 is 5.32 Å². The summed E-state index contributed by atoms with van der Waals surface area (Å²) < 4.78 is 0.320. The van der Waals surface area contributed by atoms with Crippen molar-refractivity contribution >= 4 is 51.5 Å². The monoisotopic (exact) mass is 374 g/mol. The molecule has 0 radical (unpaired) electrons. The number of benzene rings is 1. The van der Waals surface area contributed by atoms with Crippen LogP contribution in [0.4, 0.5) is 4.79 Å². The highest BCUT2D eigenvalue weighted by molar-refractivity contribution is 9.10. The molecule has 110 valence electrons. The second-order valence-electron chi connectivity index (χ2n) is 4.10. The normalized spacial score (nSPS) is 16.5. The van der Waals surface area contributed by atoms with Gasteiger partial charge in [-0.2, -0.15) is 0 Å². The molecule has 1 heterocycles. The van der Waals surface area contributed by atoms with Crippen LogP contribution in [0.15, 0.2) is 22.3 Å². The van der Waals surface area contributed by atoms with Crippen molar-refractivity contribution in [1.82, 2.24) is 10.2 Å². The molecule has 3 N–H and O–H groups in total. The molecule has 3 amide bonds. The number of aliphatic carboxylic acids is 1. The highest BCUT2D eigenvalue weighted by Gasteiger charge is 2.35. The lowest BCUT2D eigenvalue weighted by Crippen LogP contribution is -2.35. The van der Waals surface area contributed by atoms with Gasteiger partial charge in [-0.1, -0.05) is 11.6 Å². The Kier molecular flexibility index (Phi) is 4.19. The van der Waals surface area contributed by atoms with Crippen LogP contribution in [0.1, 0.15) is 5.56 Å². The summed E-state index contributed by atoms with van der Waals surface area (Å²) in [7, 11) is 0. The van der Waals surface area contributed by atoms with Crippen LogP contribution in [-0.4, -0.2) is 39.6 Å². The highest BCUT2D eigenvalue weighted by Crippen LogP contribution is 2.33. The van der Waals surface area contributed by atoms with Crippen LogP contribution in [0.25, 0.3) is 6.08 Å². The fourth-order valence-electron chi connectivity index (χ4n) is 1.70. The molecule has 0 spiro atoms. The minimum Gasteiger partial charge on any atom is -0.506 e. The van der Waals surface area contributed by atoms with Crippen molar-refractivity contribution in [3.05, 3.63) is 32.9 Å². The van der Waals surface area contributed by atoms with Crippen molar-refractivity contribution in [2.45, 2.75) is 0 Å². The van der Waals surface area contributed by atoms with Gasteiger partial charge in [0, 0.05) is 10.6 Å². The van der Waals surface area contributed by atoms with Gasteiger partial charge in [0.2, 0.25) is 0 Å². The second kappa shape index (κ2) is 5.74. The third-order valence-electron chi connectivity index (χ3n) is 2.61. The topological polar surface area (TPSA) is 107 Å².